The molecule has 0 aliphatic heterocycles. The van der Waals surface area contributed by atoms with Crippen LogP contribution in [0.25, 0.3) is 0 Å². The Bertz CT molecular complexity index is 493. The molecule has 2 aromatic rings. The molecule has 0 fully saturated rings. The molecular weight excluding hydrogens is 230 g/mol. The average molecular weight is 243 g/mol. The van der Waals surface area contributed by atoms with Gasteiger partial charge in [0.15, 0.2) is 5.78 Å². The summed E-state index contributed by atoms with van der Waals surface area (Å²) in [6.07, 6.45) is 2.17. The number of rotatable bonds is 4. The Hall–Kier alpha value is -1.61. The van der Waals surface area contributed by atoms with Gasteiger partial charge in [0.25, 0.3) is 0 Å². The van der Waals surface area contributed by atoms with Gasteiger partial charge in [-0.15, -0.1) is 0 Å². The number of hydrogen-bond donors (Lipinski definition) is 0. The van der Waals surface area contributed by atoms with Gasteiger partial charge in [0, 0.05) is 23.1 Å². The van der Waals surface area contributed by atoms with Crippen molar-refractivity contribution in [1.29, 1.82) is 0 Å². The van der Waals surface area contributed by atoms with E-state index in [2.05, 4.69) is 4.98 Å². The third kappa shape index (κ3) is 3.17. The number of carbonyl (C=O) groups excluding carboxylic acids is 1. The van der Waals surface area contributed by atoms with Gasteiger partial charge < -0.3 is 0 Å². The lowest BCUT2D eigenvalue weighted by Crippen LogP contribution is -1.96. The van der Waals surface area contributed by atoms with E-state index in [1.165, 1.54) is 0 Å². The van der Waals surface area contributed by atoms with Crippen molar-refractivity contribution >= 4 is 17.5 Å². The van der Waals surface area contributed by atoms with Crippen molar-refractivity contribution in [2.24, 2.45) is 0 Å². The summed E-state index contributed by atoms with van der Waals surface area (Å²) in [5, 5.41) is 0.906. The minimum absolute atomic E-state index is 0.133. The molecule has 2 nitrogen and oxygen atoms in total. The lowest BCUT2D eigenvalue weighted by atomic mass is 10.1. The highest BCUT2D eigenvalue weighted by atomic mass is 32.2. The smallest absolute Gasteiger partial charge is 0.164 e. The summed E-state index contributed by atoms with van der Waals surface area (Å²) >= 11 is 1.59. The SMILES string of the molecule is CCC(=O)c1ccc(Sc2ccccc2)nc1. The molecule has 2 rings (SSSR count). The zero-order valence-corrected chi connectivity index (χ0v) is 10.4. The van der Waals surface area contributed by atoms with Gasteiger partial charge >= 0.3 is 0 Å². The van der Waals surface area contributed by atoms with Crippen LogP contribution in [-0.2, 0) is 0 Å². The fourth-order valence-electron chi connectivity index (χ4n) is 1.42. The van der Waals surface area contributed by atoms with Crippen LogP contribution in [0.1, 0.15) is 23.7 Å². The summed E-state index contributed by atoms with van der Waals surface area (Å²) in [6, 6.07) is 13.8. The largest absolute Gasteiger partial charge is 0.294 e. The number of aromatic nitrogens is 1. The zero-order valence-electron chi connectivity index (χ0n) is 9.59. The molecule has 0 radical (unpaired) electrons. The number of hydrogen-bond acceptors (Lipinski definition) is 3. The number of pyridine rings is 1. The second kappa shape index (κ2) is 5.64. The summed E-state index contributed by atoms with van der Waals surface area (Å²) < 4.78 is 0. The van der Waals surface area contributed by atoms with E-state index in [0.717, 1.165) is 9.92 Å². The van der Waals surface area contributed by atoms with Crippen molar-refractivity contribution in [2.75, 3.05) is 0 Å². The maximum atomic E-state index is 11.4. The van der Waals surface area contributed by atoms with Gasteiger partial charge in [-0.3, -0.25) is 4.79 Å². The molecule has 0 saturated carbocycles. The molecule has 0 atom stereocenters. The van der Waals surface area contributed by atoms with Crippen molar-refractivity contribution in [3.63, 3.8) is 0 Å². The molecule has 1 aromatic heterocycles. The summed E-state index contributed by atoms with van der Waals surface area (Å²) in [5.41, 5.74) is 0.685. The molecular formula is C14H13NOS. The molecule has 0 spiro atoms. The molecule has 86 valence electrons. The minimum atomic E-state index is 0.133. The van der Waals surface area contributed by atoms with E-state index >= 15 is 0 Å². The lowest BCUT2D eigenvalue weighted by Gasteiger charge is -2.01. The zero-order chi connectivity index (χ0) is 12.1. The second-order valence-electron chi connectivity index (χ2n) is 3.58. The van der Waals surface area contributed by atoms with Gasteiger partial charge in [0.2, 0.25) is 0 Å². The fourth-order valence-corrected chi connectivity index (χ4v) is 2.20. The topological polar surface area (TPSA) is 30.0 Å². The highest BCUT2D eigenvalue weighted by molar-refractivity contribution is 7.99. The summed E-state index contributed by atoms with van der Waals surface area (Å²) in [6.45, 7) is 1.86. The van der Waals surface area contributed by atoms with E-state index in [4.69, 9.17) is 0 Å². The first-order valence-corrected chi connectivity index (χ1v) is 6.33. The number of carbonyl (C=O) groups is 1. The van der Waals surface area contributed by atoms with Gasteiger partial charge in [-0.1, -0.05) is 36.9 Å². The van der Waals surface area contributed by atoms with Crippen LogP contribution in [0.5, 0.6) is 0 Å². The Morgan fingerprint density at radius 3 is 2.53 bits per heavy atom. The summed E-state index contributed by atoms with van der Waals surface area (Å²) in [7, 11) is 0. The predicted molar refractivity (Wildman–Crippen MR) is 69.4 cm³/mol. The Kier molecular flexibility index (Phi) is 3.94. The Morgan fingerprint density at radius 1 is 1.18 bits per heavy atom. The molecule has 0 unspecified atom stereocenters. The Morgan fingerprint density at radius 2 is 1.94 bits per heavy atom. The number of nitrogens with zero attached hydrogens (tertiary/aromatic N) is 1. The van der Waals surface area contributed by atoms with Gasteiger partial charge in [0.1, 0.15) is 5.03 Å². The molecule has 3 heteroatoms. The fraction of sp³-hybridized carbons (Fsp3) is 0.143. The molecule has 0 bridgehead atoms. The van der Waals surface area contributed by atoms with Gasteiger partial charge in [-0.05, 0) is 24.3 Å². The van der Waals surface area contributed by atoms with Crippen LogP contribution in [0, 0.1) is 0 Å². The monoisotopic (exact) mass is 243 g/mol. The van der Waals surface area contributed by atoms with Crippen molar-refractivity contribution in [3.8, 4) is 0 Å². The minimum Gasteiger partial charge on any atom is -0.294 e. The van der Waals surface area contributed by atoms with Crippen LogP contribution in [-0.4, -0.2) is 10.8 Å². The first kappa shape index (κ1) is 11.9. The van der Waals surface area contributed by atoms with Crippen molar-refractivity contribution in [2.45, 2.75) is 23.3 Å². The second-order valence-corrected chi connectivity index (χ2v) is 4.67. The maximum Gasteiger partial charge on any atom is 0.164 e. The first-order chi connectivity index (χ1) is 8.29. The van der Waals surface area contributed by atoms with E-state index in [1.54, 1.807) is 18.0 Å². The van der Waals surface area contributed by atoms with Crippen molar-refractivity contribution in [1.82, 2.24) is 4.98 Å². The van der Waals surface area contributed by atoms with Crippen LogP contribution < -0.4 is 0 Å². The van der Waals surface area contributed by atoms with E-state index in [9.17, 15) is 4.79 Å². The van der Waals surface area contributed by atoms with Gasteiger partial charge in [0.05, 0.1) is 0 Å². The normalized spacial score (nSPS) is 10.2. The Labute approximate surface area is 105 Å². The number of benzene rings is 1. The van der Waals surface area contributed by atoms with Gasteiger partial charge in [-0.25, -0.2) is 4.98 Å². The third-order valence-electron chi connectivity index (χ3n) is 2.35. The summed E-state index contributed by atoms with van der Waals surface area (Å²) in [5.74, 6) is 0.133. The van der Waals surface area contributed by atoms with Crippen LogP contribution in [0.2, 0.25) is 0 Å². The van der Waals surface area contributed by atoms with E-state index in [-0.39, 0.29) is 5.78 Å². The van der Waals surface area contributed by atoms with E-state index in [0.29, 0.717) is 12.0 Å². The highest BCUT2D eigenvalue weighted by Crippen LogP contribution is 2.25. The van der Waals surface area contributed by atoms with Gasteiger partial charge in [-0.2, -0.15) is 0 Å². The van der Waals surface area contributed by atoms with E-state index < -0.39 is 0 Å². The van der Waals surface area contributed by atoms with Crippen molar-refractivity contribution in [3.05, 3.63) is 54.2 Å². The highest BCUT2D eigenvalue weighted by Gasteiger charge is 2.04. The first-order valence-electron chi connectivity index (χ1n) is 5.51. The Balaban J connectivity index is 2.11. The predicted octanol–water partition coefficient (Wildman–Crippen LogP) is 3.83. The maximum absolute atomic E-state index is 11.4. The molecule has 0 aliphatic carbocycles. The van der Waals surface area contributed by atoms with Crippen LogP contribution in [0.15, 0.2) is 58.6 Å². The third-order valence-corrected chi connectivity index (χ3v) is 3.30. The molecule has 0 amide bonds. The molecule has 0 saturated heterocycles. The summed E-state index contributed by atoms with van der Waals surface area (Å²) in [4.78, 5) is 16.9. The molecule has 1 aromatic carbocycles. The molecule has 0 N–H and O–H groups in total. The van der Waals surface area contributed by atoms with Crippen LogP contribution >= 0.6 is 11.8 Å². The van der Waals surface area contributed by atoms with Crippen LogP contribution in [0.3, 0.4) is 0 Å². The standard InChI is InChI=1S/C14H13NOS/c1-2-13(16)11-8-9-14(15-10-11)17-12-6-4-3-5-7-12/h3-10H,2H2,1H3. The molecule has 0 aliphatic rings. The average Bonchev–Trinajstić information content (AvgIpc) is 2.40. The molecule has 17 heavy (non-hydrogen) atoms. The quantitative estimate of drug-likeness (QED) is 0.764. The number of ketones is 1. The van der Waals surface area contributed by atoms with Crippen LogP contribution in [0.4, 0.5) is 0 Å². The lowest BCUT2D eigenvalue weighted by molar-refractivity contribution is 0.0987. The number of Topliss-reactive ketones (excluding diaryl/α,β-unsaturated/α-hetero) is 1. The van der Waals surface area contributed by atoms with E-state index in [1.807, 2.05) is 49.4 Å². The molecule has 1 heterocycles. The van der Waals surface area contributed by atoms with Crippen molar-refractivity contribution < 1.29 is 4.79 Å².